The minimum absolute atomic E-state index is 0.0412. The lowest BCUT2D eigenvalue weighted by molar-refractivity contribution is -0.138. The number of hydrogen-bond acceptors (Lipinski definition) is 2. The second-order valence-corrected chi connectivity index (χ2v) is 6.46. The molecular formula is C18H23F2NO3. The van der Waals surface area contributed by atoms with Crippen LogP contribution in [0, 0.1) is 5.92 Å². The summed E-state index contributed by atoms with van der Waals surface area (Å²) in [6.45, 7) is 0. The molecule has 1 aliphatic carbocycles. The predicted octanol–water partition coefficient (Wildman–Crippen LogP) is 3.40. The van der Waals surface area contributed by atoms with E-state index >= 15 is 0 Å². The maximum Gasteiger partial charge on any atom is 0.303 e. The summed E-state index contributed by atoms with van der Waals surface area (Å²) in [7, 11) is 0. The highest BCUT2D eigenvalue weighted by Crippen LogP contribution is 2.36. The molecule has 132 valence electrons. The van der Waals surface area contributed by atoms with Crippen molar-refractivity contribution in [2.75, 3.05) is 0 Å². The minimum Gasteiger partial charge on any atom is -0.481 e. The van der Waals surface area contributed by atoms with Crippen LogP contribution in [0.25, 0.3) is 0 Å². The summed E-state index contributed by atoms with van der Waals surface area (Å²) in [6, 6.07) is 9.18. The van der Waals surface area contributed by atoms with E-state index in [2.05, 4.69) is 5.32 Å². The average Bonchev–Trinajstić information content (AvgIpc) is 2.53. The standard InChI is InChI=1S/C18H23F2NO3/c19-18(20)10-8-14(9-11-18)17(24)21-15(6-7-16(22)23)12-13-4-2-1-3-5-13/h1-5,14-15H,6-12H2,(H,21,24)(H,22,23). The van der Waals surface area contributed by atoms with Gasteiger partial charge in [0.15, 0.2) is 0 Å². The van der Waals surface area contributed by atoms with Crippen LogP contribution in [0.3, 0.4) is 0 Å². The average molecular weight is 339 g/mol. The molecule has 0 spiro atoms. The van der Waals surface area contributed by atoms with Gasteiger partial charge in [-0.05, 0) is 31.2 Å². The molecular weight excluding hydrogens is 316 g/mol. The van der Waals surface area contributed by atoms with E-state index in [1.807, 2.05) is 30.3 Å². The lowest BCUT2D eigenvalue weighted by Gasteiger charge is -2.29. The Balaban J connectivity index is 1.93. The maximum absolute atomic E-state index is 13.2. The molecule has 1 aliphatic rings. The molecule has 24 heavy (non-hydrogen) atoms. The van der Waals surface area contributed by atoms with Gasteiger partial charge in [0.05, 0.1) is 0 Å². The topological polar surface area (TPSA) is 66.4 Å². The first-order valence-electron chi connectivity index (χ1n) is 8.30. The van der Waals surface area contributed by atoms with E-state index in [4.69, 9.17) is 5.11 Å². The van der Waals surface area contributed by atoms with Gasteiger partial charge in [0.1, 0.15) is 0 Å². The van der Waals surface area contributed by atoms with Crippen molar-refractivity contribution >= 4 is 11.9 Å². The van der Waals surface area contributed by atoms with Gasteiger partial charge < -0.3 is 10.4 Å². The van der Waals surface area contributed by atoms with Crippen molar-refractivity contribution < 1.29 is 23.5 Å². The summed E-state index contributed by atoms with van der Waals surface area (Å²) in [5.41, 5.74) is 1.00. The quantitative estimate of drug-likeness (QED) is 0.800. The fourth-order valence-corrected chi connectivity index (χ4v) is 3.04. The van der Waals surface area contributed by atoms with Crippen molar-refractivity contribution in [3.8, 4) is 0 Å². The number of carboxylic acid groups (broad SMARTS) is 1. The lowest BCUT2D eigenvalue weighted by Crippen LogP contribution is -2.42. The molecule has 0 heterocycles. The van der Waals surface area contributed by atoms with E-state index in [1.165, 1.54) is 0 Å². The number of carbonyl (C=O) groups excluding carboxylic acids is 1. The van der Waals surface area contributed by atoms with Gasteiger partial charge in [0.2, 0.25) is 11.8 Å². The molecule has 1 amide bonds. The van der Waals surface area contributed by atoms with Crippen molar-refractivity contribution in [2.24, 2.45) is 5.92 Å². The number of benzene rings is 1. The Hall–Kier alpha value is -1.98. The van der Waals surface area contributed by atoms with Gasteiger partial charge in [0, 0.05) is 31.2 Å². The van der Waals surface area contributed by atoms with Crippen molar-refractivity contribution in [1.82, 2.24) is 5.32 Å². The molecule has 1 aromatic carbocycles. The summed E-state index contributed by atoms with van der Waals surface area (Å²) in [5, 5.41) is 11.7. The second kappa shape index (κ2) is 8.22. The molecule has 0 bridgehead atoms. The molecule has 1 atom stereocenters. The zero-order valence-corrected chi connectivity index (χ0v) is 13.5. The Morgan fingerprint density at radius 3 is 2.42 bits per heavy atom. The number of amides is 1. The first-order chi connectivity index (χ1) is 11.4. The molecule has 1 saturated carbocycles. The second-order valence-electron chi connectivity index (χ2n) is 6.46. The van der Waals surface area contributed by atoms with Gasteiger partial charge >= 0.3 is 5.97 Å². The van der Waals surface area contributed by atoms with Crippen molar-refractivity contribution in [3.63, 3.8) is 0 Å². The molecule has 1 fully saturated rings. The van der Waals surface area contributed by atoms with E-state index in [9.17, 15) is 18.4 Å². The Labute approximate surface area is 140 Å². The highest BCUT2D eigenvalue weighted by molar-refractivity contribution is 5.79. The smallest absolute Gasteiger partial charge is 0.303 e. The molecule has 0 radical (unpaired) electrons. The van der Waals surface area contributed by atoms with Crippen LogP contribution in [0.1, 0.15) is 44.1 Å². The fraction of sp³-hybridized carbons (Fsp3) is 0.556. The molecule has 1 aromatic rings. The first-order valence-corrected chi connectivity index (χ1v) is 8.30. The molecule has 1 unspecified atom stereocenters. The largest absolute Gasteiger partial charge is 0.481 e. The molecule has 0 aliphatic heterocycles. The van der Waals surface area contributed by atoms with Gasteiger partial charge in [-0.1, -0.05) is 30.3 Å². The lowest BCUT2D eigenvalue weighted by atomic mass is 9.86. The van der Waals surface area contributed by atoms with Gasteiger partial charge in [-0.2, -0.15) is 0 Å². The summed E-state index contributed by atoms with van der Waals surface area (Å²) in [6.07, 6.45) is 0.640. The number of hydrogen-bond donors (Lipinski definition) is 2. The molecule has 6 heteroatoms. The summed E-state index contributed by atoms with van der Waals surface area (Å²) in [4.78, 5) is 23.2. The third kappa shape index (κ3) is 5.91. The fourth-order valence-electron chi connectivity index (χ4n) is 3.04. The summed E-state index contributed by atoms with van der Waals surface area (Å²) in [5.74, 6) is -4.23. The van der Waals surface area contributed by atoms with E-state index in [0.29, 0.717) is 12.8 Å². The minimum atomic E-state index is -2.66. The number of rotatable bonds is 7. The SMILES string of the molecule is O=C(O)CCC(Cc1ccccc1)NC(=O)C1CCC(F)(F)CC1. The van der Waals surface area contributed by atoms with E-state index < -0.39 is 17.8 Å². The van der Waals surface area contributed by atoms with Gasteiger partial charge in [-0.15, -0.1) is 0 Å². The number of carbonyl (C=O) groups is 2. The molecule has 0 saturated heterocycles. The van der Waals surface area contributed by atoms with E-state index in [0.717, 1.165) is 5.56 Å². The van der Waals surface area contributed by atoms with Gasteiger partial charge in [0.25, 0.3) is 0 Å². The summed E-state index contributed by atoms with van der Waals surface area (Å²) >= 11 is 0. The van der Waals surface area contributed by atoms with E-state index in [-0.39, 0.29) is 44.1 Å². The summed E-state index contributed by atoms with van der Waals surface area (Å²) < 4.78 is 26.4. The molecule has 2 N–H and O–H groups in total. The van der Waals surface area contributed by atoms with Crippen molar-refractivity contribution in [1.29, 1.82) is 0 Å². The number of nitrogens with one attached hydrogen (secondary N) is 1. The zero-order chi connectivity index (χ0) is 17.6. The first kappa shape index (κ1) is 18.4. The van der Waals surface area contributed by atoms with Crippen LogP contribution < -0.4 is 5.32 Å². The third-order valence-electron chi connectivity index (χ3n) is 4.47. The van der Waals surface area contributed by atoms with Gasteiger partial charge in [-0.3, -0.25) is 9.59 Å². The van der Waals surface area contributed by atoms with E-state index in [1.54, 1.807) is 0 Å². The van der Waals surface area contributed by atoms with Crippen LogP contribution in [-0.2, 0) is 16.0 Å². The normalized spacial score (nSPS) is 18.8. The third-order valence-corrected chi connectivity index (χ3v) is 4.47. The van der Waals surface area contributed by atoms with Crippen LogP contribution in [0.4, 0.5) is 8.78 Å². The number of alkyl halides is 2. The van der Waals surface area contributed by atoms with Crippen molar-refractivity contribution in [3.05, 3.63) is 35.9 Å². The van der Waals surface area contributed by atoms with Crippen LogP contribution in [0.5, 0.6) is 0 Å². The van der Waals surface area contributed by atoms with Crippen LogP contribution >= 0.6 is 0 Å². The van der Waals surface area contributed by atoms with Crippen LogP contribution in [0.2, 0.25) is 0 Å². The van der Waals surface area contributed by atoms with Crippen LogP contribution in [0.15, 0.2) is 30.3 Å². The maximum atomic E-state index is 13.2. The Morgan fingerprint density at radius 1 is 1.21 bits per heavy atom. The zero-order valence-electron chi connectivity index (χ0n) is 13.5. The monoisotopic (exact) mass is 339 g/mol. The highest BCUT2D eigenvalue weighted by Gasteiger charge is 2.37. The van der Waals surface area contributed by atoms with Crippen molar-refractivity contribution in [2.45, 2.75) is 56.9 Å². The molecule has 0 aromatic heterocycles. The Bertz CT molecular complexity index is 553. The number of carboxylic acids is 1. The Morgan fingerprint density at radius 2 is 1.83 bits per heavy atom. The molecule has 4 nitrogen and oxygen atoms in total. The number of aliphatic carboxylic acids is 1. The van der Waals surface area contributed by atoms with Crippen LogP contribution in [-0.4, -0.2) is 28.9 Å². The highest BCUT2D eigenvalue weighted by atomic mass is 19.3. The molecule has 2 rings (SSSR count). The predicted molar refractivity (Wildman–Crippen MR) is 85.9 cm³/mol. The Kier molecular flexibility index (Phi) is 6.29. The van der Waals surface area contributed by atoms with Gasteiger partial charge in [-0.25, -0.2) is 8.78 Å². The number of halogens is 2.